The van der Waals surface area contributed by atoms with Crippen LogP contribution in [0.4, 0.5) is 5.69 Å². The summed E-state index contributed by atoms with van der Waals surface area (Å²) in [5.41, 5.74) is -0.0473. The second kappa shape index (κ2) is 5.56. The van der Waals surface area contributed by atoms with E-state index in [0.717, 1.165) is 0 Å². The molecule has 0 bridgehead atoms. The standard InChI is InChI=1S/C11H12N2O5/c14-11(10-7-17-6-5-12-10)18-9-3-1-8(2-4-9)13(15)16/h1-4,10,12H,5-7H2. The van der Waals surface area contributed by atoms with E-state index in [2.05, 4.69) is 5.32 Å². The van der Waals surface area contributed by atoms with Crippen molar-refractivity contribution in [3.63, 3.8) is 0 Å². The molecule has 1 fully saturated rings. The molecule has 0 saturated carbocycles. The van der Waals surface area contributed by atoms with Crippen LogP contribution in [0.15, 0.2) is 24.3 Å². The molecule has 1 aliphatic heterocycles. The molecule has 1 N–H and O–H groups in total. The van der Waals surface area contributed by atoms with Crippen molar-refractivity contribution < 1.29 is 19.2 Å². The van der Waals surface area contributed by atoms with Crippen molar-refractivity contribution in [2.75, 3.05) is 19.8 Å². The van der Waals surface area contributed by atoms with Crippen molar-refractivity contribution in [3.8, 4) is 5.75 Å². The molecule has 1 aliphatic rings. The molecule has 96 valence electrons. The number of ether oxygens (including phenoxy) is 2. The first-order valence-electron chi connectivity index (χ1n) is 5.44. The van der Waals surface area contributed by atoms with E-state index in [-0.39, 0.29) is 18.0 Å². The summed E-state index contributed by atoms with van der Waals surface area (Å²) < 4.78 is 10.2. The van der Waals surface area contributed by atoms with Crippen LogP contribution in [0.25, 0.3) is 0 Å². The molecule has 2 rings (SSSR count). The van der Waals surface area contributed by atoms with Crippen molar-refractivity contribution >= 4 is 11.7 Å². The van der Waals surface area contributed by atoms with E-state index in [1.54, 1.807) is 0 Å². The van der Waals surface area contributed by atoms with Crippen LogP contribution in [0.5, 0.6) is 5.75 Å². The molecule has 1 aromatic carbocycles. The third-order valence-corrected chi connectivity index (χ3v) is 2.47. The molecule has 1 atom stereocenters. The predicted molar refractivity (Wildman–Crippen MR) is 61.3 cm³/mol. The van der Waals surface area contributed by atoms with Crippen LogP contribution in [-0.2, 0) is 9.53 Å². The molecule has 7 nitrogen and oxygen atoms in total. The number of morpholine rings is 1. The fourth-order valence-corrected chi connectivity index (χ4v) is 1.54. The Labute approximate surface area is 103 Å². The molecule has 0 spiro atoms. The van der Waals surface area contributed by atoms with E-state index in [4.69, 9.17) is 9.47 Å². The van der Waals surface area contributed by atoms with Crippen LogP contribution in [0.3, 0.4) is 0 Å². The number of hydrogen-bond acceptors (Lipinski definition) is 6. The molecule has 1 heterocycles. The number of non-ortho nitro benzene ring substituents is 1. The number of carbonyl (C=O) groups is 1. The summed E-state index contributed by atoms with van der Waals surface area (Å²) in [6.07, 6.45) is 0. The third-order valence-electron chi connectivity index (χ3n) is 2.47. The van der Waals surface area contributed by atoms with Crippen molar-refractivity contribution in [2.24, 2.45) is 0 Å². The first-order chi connectivity index (χ1) is 8.66. The predicted octanol–water partition coefficient (Wildman–Crippen LogP) is 0.489. The van der Waals surface area contributed by atoms with Crippen molar-refractivity contribution in [1.29, 1.82) is 0 Å². The van der Waals surface area contributed by atoms with Crippen LogP contribution >= 0.6 is 0 Å². The lowest BCUT2D eigenvalue weighted by molar-refractivity contribution is -0.384. The van der Waals surface area contributed by atoms with Gasteiger partial charge < -0.3 is 14.8 Å². The highest BCUT2D eigenvalue weighted by Crippen LogP contribution is 2.17. The Morgan fingerprint density at radius 1 is 1.44 bits per heavy atom. The summed E-state index contributed by atoms with van der Waals surface area (Å²) in [6.45, 7) is 1.44. The third kappa shape index (κ3) is 3.02. The van der Waals surface area contributed by atoms with Gasteiger partial charge in [-0.2, -0.15) is 0 Å². The highest BCUT2D eigenvalue weighted by molar-refractivity contribution is 5.78. The highest BCUT2D eigenvalue weighted by Gasteiger charge is 2.23. The number of nitro benzene ring substituents is 1. The largest absolute Gasteiger partial charge is 0.425 e. The van der Waals surface area contributed by atoms with E-state index < -0.39 is 16.9 Å². The molecule has 0 aliphatic carbocycles. The molecule has 0 aromatic heterocycles. The van der Waals surface area contributed by atoms with Crippen LogP contribution in [0.2, 0.25) is 0 Å². The number of nitro groups is 1. The minimum atomic E-state index is -0.512. The van der Waals surface area contributed by atoms with Crippen molar-refractivity contribution in [3.05, 3.63) is 34.4 Å². The summed E-state index contributed by atoms with van der Waals surface area (Å²) in [6, 6.07) is 4.86. The first kappa shape index (κ1) is 12.5. The fourth-order valence-electron chi connectivity index (χ4n) is 1.54. The molecular weight excluding hydrogens is 240 g/mol. The van der Waals surface area contributed by atoms with E-state index in [9.17, 15) is 14.9 Å². The molecular formula is C11H12N2O5. The van der Waals surface area contributed by atoms with Gasteiger partial charge in [-0.05, 0) is 12.1 Å². The maximum absolute atomic E-state index is 11.7. The number of rotatable bonds is 3. The minimum Gasteiger partial charge on any atom is -0.425 e. The Bertz CT molecular complexity index is 439. The van der Waals surface area contributed by atoms with Gasteiger partial charge in [-0.1, -0.05) is 0 Å². The average Bonchev–Trinajstić information content (AvgIpc) is 2.40. The zero-order chi connectivity index (χ0) is 13.0. The molecule has 7 heteroatoms. The second-order valence-corrected chi connectivity index (χ2v) is 3.75. The topological polar surface area (TPSA) is 90.7 Å². The number of nitrogens with zero attached hydrogens (tertiary/aromatic N) is 1. The Balaban J connectivity index is 1.96. The van der Waals surface area contributed by atoms with Crippen LogP contribution in [0.1, 0.15) is 0 Å². The normalized spacial score (nSPS) is 19.2. The van der Waals surface area contributed by atoms with E-state index in [1.165, 1.54) is 24.3 Å². The van der Waals surface area contributed by atoms with Crippen LogP contribution < -0.4 is 10.1 Å². The quantitative estimate of drug-likeness (QED) is 0.364. The summed E-state index contributed by atoms with van der Waals surface area (Å²) in [4.78, 5) is 21.6. The highest BCUT2D eigenvalue weighted by atomic mass is 16.6. The maximum Gasteiger partial charge on any atom is 0.330 e. The summed E-state index contributed by atoms with van der Waals surface area (Å²) >= 11 is 0. The molecule has 1 saturated heterocycles. The second-order valence-electron chi connectivity index (χ2n) is 3.75. The molecule has 0 amide bonds. The first-order valence-corrected chi connectivity index (χ1v) is 5.44. The van der Waals surface area contributed by atoms with Gasteiger partial charge in [0.25, 0.3) is 5.69 Å². The maximum atomic E-state index is 11.7. The SMILES string of the molecule is O=C(Oc1ccc([N+](=O)[O-])cc1)C1COCCN1. The lowest BCUT2D eigenvalue weighted by atomic mass is 10.2. The van der Waals surface area contributed by atoms with Gasteiger partial charge >= 0.3 is 5.97 Å². The minimum absolute atomic E-state index is 0.0473. The van der Waals surface area contributed by atoms with Crippen LogP contribution in [0, 0.1) is 10.1 Å². The van der Waals surface area contributed by atoms with Gasteiger partial charge in [-0.15, -0.1) is 0 Å². The Hall–Kier alpha value is -1.99. The van der Waals surface area contributed by atoms with Gasteiger partial charge in [0, 0.05) is 18.7 Å². The average molecular weight is 252 g/mol. The van der Waals surface area contributed by atoms with Gasteiger partial charge in [0.05, 0.1) is 18.1 Å². The lowest BCUT2D eigenvalue weighted by Crippen LogP contribution is -2.48. The van der Waals surface area contributed by atoms with E-state index in [0.29, 0.717) is 13.2 Å². The zero-order valence-corrected chi connectivity index (χ0v) is 9.50. The number of esters is 1. The number of nitrogens with one attached hydrogen (secondary N) is 1. The van der Waals surface area contributed by atoms with Gasteiger partial charge in [0.2, 0.25) is 0 Å². The van der Waals surface area contributed by atoms with Gasteiger partial charge in [0.15, 0.2) is 0 Å². The molecule has 1 unspecified atom stereocenters. The summed E-state index contributed by atoms with van der Waals surface area (Å²) in [7, 11) is 0. The van der Waals surface area contributed by atoms with Gasteiger partial charge in [-0.25, -0.2) is 4.79 Å². The summed E-state index contributed by atoms with van der Waals surface area (Å²) in [5, 5.41) is 13.4. The van der Waals surface area contributed by atoms with E-state index in [1.807, 2.05) is 0 Å². The molecule has 0 radical (unpaired) electrons. The van der Waals surface area contributed by atoms with E-state index >= 15 is 0 Å². The van der Waals surface area contributed by atoms with Gasteiger partial charge in [0.1, 0.15) is 11.8 Å². The van der Waals surface area contributed by atoms with Crippen LogP contribution in [-0.4, -0.2) is 36.7 Å². The van der Waals surface area contributed by atoms with Crippen molar-refractivity contribution in [1.82, 2.24) is 5.32 Å². The summed E-state index contributed by atoms with van der Waals surface area (Å²) in [5.74, 6) is -0.179. The number of carbonyl (C=O) groups excluding carboxylic acids is 1. The smallest absolute Gasteiger partial charge is 0.330 e. The molecule has 1 aromatic rings. The fraction of sp³-hybridized carbons (Fsp3) is 0.364. The Morgan fingerprint density at radius 2 is 2.17 bits per heavy atom. The van der Waals surface area contributed by atoms with Gasteiger partial charge in [-0.3, -0.25) is 10.1 Å². The Morgan fingerprint density at radius 3 is 2.72 bits per heavy atom. The monoisotopic (exact) mass is 252 g/mol. The zero-order valence-electron chi connectivity index (χ0n) is 9.50. The lowest BCUT2D eigenvalue weighted by Gasteiger charge is -2.21. The Kier molecular flexibility index (Phi) is 3.85. The molecule has 18 heavy (non-hydrogen) atoms. The van der Waals surface area contributed by atoms with Crippen molar-refractivity contribution in [2.45, 2.75) is 6.04 Å². The number of hydrogen-bond donors (Lipinski definition) is 1. The number of benzene rings is 1.